The van der Waals surface area contributed by atoms with Gasteiger partial charge in [-0.15, -0.1) is 0 Å². The zero-order valence-electron chi connectivity index (χ0n) is 18.3. The third-order valence-electron chi connectivity index (χ3n) is 5.86. The monoisotopic (exact) mass is 480 g/mol. The lowest BCUT2D eigenvalue weighted by molar-refractivity contribution is -0.142. The van der Waals surface area contributed by atoms with E-state index < -0.39 is 27.7 Å². The van der Waals surface area contributed by atoms with Gasteiger partial charge in [-0.25, -0.2) is 12.8 Å². The summed E-state index contributed by atoms with van der Waals surface area (Å²) in [5, 5.41) is 9.52. The third kappa shape index (κ3) is 4.77. The van der Waals surface area contributed by atoms with Crippen LogP contribution in [0.1, 0.15) is 24.5 Å². The fraction of sp³-hybridized carbons (Fsp3) is 0.240. The highest BCUT2D eigenvalue weighted by Gasteiger charge is 2.43. The zero-order chi connectivity index (χ0) is 24.5. The minimum absolute atomic E-state index is 0.0995. The molecule has 2 amide bonds. The Balaban J connectivity index is 1.57. The fourth-order valence-corrected chi connectivity index (χ4v) is 5.68. The Bertz CT molecular complexity index is 1350. The fourth-order valence-electron chi connectivity index (χ4n) is 3.98. The van der Waals surface area contributed by atoms with Crippen molar-refractivity contribution in [3.8, 4) is 11.8 Å². The molecule has 0 bridgehead atoms. The highest BCUT2D eigenvalue weighted by Crippen LogP contribution is 2.31. The Morgan fingerprint density at radius 2 is 1.79 bits per heavy atom. The Kier molecular flexibility index (Phi) is 6.35. The maximum Gasteiger partial charge on any atom is 0.271 e. The van der Waals surface area contributed by atoms with Crippen LogP contribution >= 0.6 is 0 Å². The van der Waals surface area contributed by atoms with Gasteiger partial charge in [-0.05, 0) is 60.4 Å². The molecule has 2 aliphatic rings. The lowest BCUT2D eigenvalue weighted by Crippen LogP contribution is -2.49. The van der Waals surface area contributed by atoms with Gasteiger partial charge in [-0.1, -0.05) is 24.3 Å². The number of imide groups is 1. The standard InChI is InChI=1S/C25H21FN2O5S/c1-16-22(24(29)28(25(30)23(16)13-27)20-10-11-34(31,32)15-20)12-17-4-8-21(9-5-17)33-14-18-2-6-19(26)7-3-18/h2-9,12,20H,10-11,14-15H2,1H3/b22-12-/t20-/m0/s1. The predicted octanol–water partition coefficient (Wildman–Crippen LogP) is 3.18. The number of carbonyl (C=O) groups is 2. The zero-order valence-corrected chi connectivity index (χ0v) is 19.1. The molecule has 0 aliphatic carbocycles. The number of carbonyl (C=O) groups excluding carboxylic acids is 2. The van der Waals surface area contributed by atoms with Crippen molar-refractivity contribution in [3.63, 3.8) is 0 Å². The Morgan fingerprint density at radius 3 is 2.38 bits per heavy atom. The van der Waals surface area contributed by atoms with Gasteiger partial charge in [0.05, 0.1) is 17.5 Å². The summed E-state index contributed by atoms with van der Waals surface area (Å²) in [5.41, 5.74) is 1.70. The molecule has 2 aromatic rings. The van der Waals surface area contributed by atoms with Crippen LogP contribution in [0.5, 0.6) is 5.75 Å². The molecule has 9 heteroatoms. The number of nitrogens with zero attached hydrogens (tertiary/aromatic N) is 2. The van der Waals surface area contributed by atoms with E-state index in [1.807, 2.05) is 6.07 Å². The maximum absolute atomic E-state index is 13.2. The second-order valence-electron chi connectivity index (χ2n) is 8.19. The van der Waals surface area contributed by atoms with Crippen LogP contribution in [0.2, 0.25) is 0 Å². The number of benzene rings is 2. The molecular formula is C25H21FN2O5S. The van der Waals surface area contributed by atoms with Gasteiger partial charge in [0.25, 0.3) is 11.8 Å². The first-order valence-corrected chi connectivity index (χ1v) is 12.4. The quantitative estimate of drug-likeness (QED) is 0.481. The summed E-state index contributed by atoms with van der Waals surface area (Å²) in [4.78, 5) is 26.9. The second-order valence-corrected chi connectivity index (χ2v) is 10.4. The van der Waals surface area contributed by atoms with Gasteiger partial charge in [0.15, 0.2) is 9.84 Å². The molecule has 7 nitrogen and oxygen atoms in total. The molecule has 174 valence electrons. The van der Waals surface area contributed by atoms with E-state index in [1.54, 1.807) is 42.5 Å². The van der Waals surface area contributed by atoms with Crippen molar-refractivity contribution in [3.05, 3.63) is 82.2 Å². The smallest absolute Gasteiger partial charge is 0.271 e. The van der Waals surface area contributed by atoms with E-state index in [4.69, 9.17) is 4.74 Å². The van der Waals surface area contributed by atoms with Crippen molar-refractivity contribution >= 4 is 27.7 Å². The first-order valence-electron chi connectivity index (χ1n) is 10.6. The van der Waals surface area contributed by atoms with Gasteiger partial charge in [-0.2, -0.15) is 5.26 Å². The second kappa shape index (κ2) is 9.23. The van der Waals surface area contributed by atoms with Crippen LogP contribution in [0.3, 0.4) is 0 Å². The molecule has 2 aromatic carbocycles. The Hall–Kier alpha value is -3.77. The third-order valence-corrected chi connectivity index (χ3v) is 7.61. The lowest BCUT2D eigenvalue weighted by atomic mass is 9.92. The summed E-state index contributed by atoms with van der Waals surface area (Å²) in [6.45, 7) is 1.79. The lowest BCUT2D eigenvalue weighted by Gasteiger charge is -2.31. The van der Waals surface area contributed by atoms with Crippen LogP contribution < -0.4 is 4.74 Å². The summed E-state index contributed by atoms with van der Waals surface area (Å²) in [6, 6.07) is 13.9. The van der Waals surface area contributed by atoms with E-state index in [-0.39, 0.29) is 47.1 Å². The summed E-state index contributed by atoms with van der Waals surface area (Å²) in [5.74, 6) is -1.52. The Labute approximate surface area is 196 Å². The summed E-state index contributed by atoms with van der Waals surface area (Å²) in [7, 11) is -3.34. The molecule has 34 heavy (non-hydrogen) atoms. The van der Waals surface area contributed by atoms with Crippen molar-refractivity contribution in [2.45, 2.75) is 26.0 Å². The van der Waals surface area contributed by atoms with Crippen LogP contribution in [-0.4, -0.2) is 42.7 Å². The minimum atomic E-state index is -3.34. The predicted molar refractivity (Wildman–Crippen MR) is 122 cm³/mol. The van der Waals surface area contributed by atoms with Gasteiger partial charge >= 0.3 is 0 Å². The van der Waals surface area contributed by atoms with E-state index in [9.17, 15) is 27.7 Å². The molecule has 2 aliphatic heterocycles. The van der Waals surface area contributed by atoms with Crippen molar-refractivity contribution in [2.75, 3.05) is 11.5 Å². The number of halogens is 1. The maximum atomic E-state index is 13.2. The normalized spacial score (nSPS) is 21.1. The van der Waals surface area contributed by atoms with Crippen molar-refractivity contribution in [1.29, 1.82) is 5.26 Å². The molecule has 0 spiro atoms. The van der Waals surface area contributed by atoms with Gasteiger partial charge < -0.3 is 4.74 Å². The van der Waals surface area contributed by atoms with Crippen molar-refractivity contribution in [1.82, 2.24) is 4.90 Å². The van der Waals surface area contributed by atoms with Crippen LogP contribution in [0.4, 0.5) is 4.39 Å². The highest BCUT2D eigenvalue weighted by molar-refractivity contribution is 7.91. The largest absolute Gasteiger partial charge is 0.489 e. The average molecular weight is 481 g/mol. The van der Waals surface area contributed by atoms with Crippen LogP contribution in [0.15, 0.2) is 65.3 Å². The molecule has 4 rings (SSSR count). The van der Waals surface area contributed by atoms with Gasteiger partial charge in [0, 0.05) is 5.57 Å². The van der Waals surface area contributed by atoms with Crippen LogP contribution in [0, 0.1) is 17.1 Å². The highest BCUT2D eigenvalue weighted by atomic mass is 32.2. The molecule has 0 radical (unpaired) electrons. The van der Waals surface area contributed by atoms with Gasteiger partial charge in [-0.3, -0.25) is 14.5 Å². The van der Waals surface area contributed by atoms with E-state index in [0.29, 0.717) is 11.3 Å². The molecule has 1 atom stereocenters. The molecule has 1 fully saturated rings. The summed E-state index contributed by atoms with van der Waals surface area (Å²) < 4.78 is 42.5. The van der Waals surface area contributed by atoms with Crippen molar-refractivity contribution < 1.29 is 27.1 Å². The number of hydrogen-bond donors (Lipinski definition) is 0. The first kappa shape index (κ1) is 23.4. The number of hydrogen-bond acceptors (Lipinski definition) is 6. The van der Waals surface area contributed by atoms with Gasteiger partial charge in [0.2, 0.25) is 0 Å². The summed E-state index contributed by atoms with van der Waals surface area (Å²) in [6.07, 6.45) is 1.73. The average Bonchev–Trinajstić information content (AvgIpc) is 3.16. The first-order chi connectivity index (χ1) is 16.2. The molecule has 0 N–H and O–H groups in total. The minimum Gasteiger partial charge on any atom is -0.489 e. The molecule has 0 unspecified atom stereocenters. The van der Waals surface area contributed by atoms with Crippen LogP contribution in [0.25, 0.3) is 6.08 Å². The van der Waals surface area contributed by atoms with Crippen molar-refractivity contribution in [2.24, 2.45) is 0 Å². The Morgan fingerprint density at radius 1 is 1.12 bits per heavy atom. The molecule has 2 heterocycles. The van der Waals surface area contributed by atoms with E-state index in [2.05, 4.69) is 0 Å². The number of amides is 2. The SMILES string of the molecule is CC1=C(C#N)C(=O)N([C@H]2CCS(=O)(=O)C2)C(=O)/C1=C\c1ccc(OCc2ccc(F)cc2)cc1. The number of ether oxygens (including phenoxy) is 1. The number of rotatable bonds is 5. The van der Waals surface area contributed by atoms with E-state index >= 15 is 0 Å². The van der Waals surface area contributed by atoms with E-state index in [0.717, 1.165) is 10.5 Å². The molecule has 1 saturated heterocycles. The topological polar surface area (TPSA) is 105 Å². The number of nitriles is 1. The molecular weight excluding hydrogens is 459 g/mol. The molecule has 0 saturated carbocycles. The molecule has 0 aromatic heterocycles. The number of sulfone groups is 1. The van der Waals surface area contributed by atoms with Gasteiger partial charge in [0.1, 0.15) is 29.8 Å². The summed E-state index contributed by atoms with van der Waals surface area (Å²) >= 11 is 0. The van der Waals surface area contributed by atoms with Crippen LogP contribution in [-0.2, 0) is 26.0 Å². The van der Waals surface area contributed by atoms with E-state index in [1.165, 1.54) is 19.1 Å².